The van der Waals surface area contributed by atoms with Gasteiger partial charge in [-0.3, -0.25) is 0 Å². The second kappa shape index (κ2) is 18.0. The van der Waals surface area contributed by atoms with E-state index in [1.807, 2.05) is 0 Å². The van der Waals surface area contributed by atoms with Gasteiger partial charge in [0, 0.05) is 0 Å². The van der Waals surface area contributed by atoms with Crippen LogP contribution in [0, 0.1) is 5.92 Å². The minimum absolute atomic E-state index is 0.553. The molecule has 1 nitrogen and oxygen atoms in total. The van der Waals surface area contributed by atoms with Crippen LogP contribution in [0.2, 0.25) is 0 Å². The van der Waals surface area contributed by atoms with Crippen molar-refractivity contribution < 1.29 is 0 Å². The first-order valence-electron chi connectivity index (χ1n) is 9.14. The second-order valence-corrected chi connectivity index (χ2v) is 5.91. The summed E-state index contributed by atoms with van der Waals surface area (Å²) in [5, 5.41) is 0. The number of rotatable bonds is 14. The third-order valence-corrected chi connectivity index (χ3v) is 3.56. The fourth-order valence-corrected chi connectivity index (χ4v) is 2.15. The fraction of sp³-hybridized carbons (Fsp3) is 0.619. The Morgan fingerprint density at radius 3 is 2.05 bits per heavy atom. The van der Waals surface area contributed by atoms with Gasteiger partial charge in [-0.25, -0.2) is 0 Å². The summed E-state index contributed by atoms with van der Waals surface area (Å²) in [6.07, 6.45) is 29.0. The van der Waals surface area contributed by atoms with Crippen LogP contribution >= 0.6 is 0 Å². The van der Waals surface area contributed by atoms with E-state index < -0.39 is 0 Å². The number of unbranched alkanes of at least 4 members (excludes halogenated alkanes) is 5. The quantitative estimate of drug-likeness (QED) is 0.294. The second-order valence-electron chi connectivity index (χ2n) is 5.91. The standard InChI is InChI=1S/C21H37N/c1-3-4-5-12-15-18-21(2)19-16-13-10-8-6-7-9-11-14-17-20-22/h7-10,15-16,18-19,21H,3-6,11-14,17,20,22H2,1-2H3/b9-7-,10-8-,18-15-,19-16-/t21-/m0/s1. The molecule has 0 amide bonds. The number of allylic oxidation sites excluding steroid dienone is 8. The molecule has 0 aromatic carbocycles. The molecule has 1 heteroatoms. The van der Waals surface area contributed by atoms with Gasteiger partial charge >= 0.3 is 0 Å². The van der Waals surface area contributed by atoms with Crippen molar-refractivity contribution in [1.82, 2.24) is 0 Å². The molecule has 1 atom stereocenters. The molecule has 0 aliphatic carbocycles. The van der Waals surface area contributed by atoms with Crippen LogP contribution in [0.4, 0.5) is 0 Å². The molecule has 0 aromatic rings. The molecular formula is C21H37N. The highest BCUT2D eigenvalue weighted by molar-refractivity contribution is 5.02. The van der Waals surface area contributed by atoms with Crippen molar-refractivity contribution >= 4 is 0 Å². The third-order valence-electron chi connectivity index (χ3n) is 3.56. The van der Waals surface area contributed by atoms with Gasteiger partial charge < -0.3 is 5.73 Å². The van der Waals surface area contributed by atoms with Crippen molar-refractivity contribution in [3.8, 4) is 0 Å². The fourth-order valence-electron chi connectivity index (χ4n) is 2.15. The van der Waals surface area contributed by atoms with Crippen LogP contribution in [-0.2, 0) is 0 Å². The van der Waals surface area contributed by atoms with Crippen molar-refractivity contribution in [2.75, 3.05) is 6.54 Å². The molecule has 2 N–H and O–H groups in total. The van der Waals surface area contributed by atoms with Gasteiger partial charge in [-0.05, 0) is 57.4 Å². The molecule has 0 aromatic heterocycles. The van der Waals surface area contributed by atoms with Gasteiger partial charge in [0.05, 0.1) is 0 Å². The Hall–Kier alpha value is -1.08. The molecule has 0 aliphatic heterocycles. The topological polar surface area (TPSA) is 26.0 Å². The lowest BCUT2D eigenvalue weighted by Crippen LogP contribution is -1.96. The maximum atomic E-state index is 5.46. The summed E-state index contributed by atoms with van der Waals surface area (Å²) in [6.45, 7) is 5.31. The molecule has 0 saturated carbocycles. The number of hydrogen-bond acceptors (Lipinski definition) is 1. The average Bonchev–Trinajstić information content (AvgIpc) is 2.52. The van der Waals surface area contributed by atoms with Crippen molar-refractivity contribution in [3.63, 3.8) is 0 Å². The van der Waals surface area contributed by atoms with Crippen LogP contribution in [0.3, 0.4) is 0 Å². The normalized spacial score (nSPS) is 14.1. The first kappa shape index (κ1) is 20.9. The lowest BCUT2D eigenvalue weighted by atomic mass is 10.1. The first-order valence-corrected chi connectivity index (χ1v) is 9.14. The zero-order valence-corrected chi connectivity index (χ0v) is 14.8. The van der Waals surface area contributed by atoms with Gasteiger partial charge in [0.15, 0.2) is 0 Å². The maximum Gasteiger partial charge on any atom is -0.00772 e. The maximum absolute atomic E-state index is 5.46. The lowest BCUT2D eigenvalue weighted by molar-refractivity contribution is 0.726. The summed E-state index contributed by atoms with van der Waals surface area (Å²) in [7, 11) is 0. The average molecular weight is 304 g/mol. The molecule has 0 rings (SSSR count). The Kier molecular flexibility index (Phi) is 17.1. The summed E-state index contributed by atoms with van der Waals surface area (Å²) < 4.78 is 0. The highest BCUT2D eigenvalue weighted by Crippen LogP contribution is 2.05. The van der Waals surface area contributed by atoms with Crippen LogP contribution in [-0.4, -0.2) is 6.54 Å². The van der Waals surface area contributed by atoms with E-state index in [1.54, 1.807) is 0 Å². The van der Waals surface area contributed by atoms with Crippen LogP contribution < -0.4 is 5.73 Å². The Morgan fingerprint density at radius 2 is 1.32 bits per heavy atom. The molecule has 126 valence electrons. The van der Waals surface area contributed by atoms with Gasteiger partial charge in [0.2, 0.25) is 0 Å². The first-order chi connectivity index (χ1) is 10.8. The number of hydrogen-bond donors (Lipinski definition) is 1. The monoisotopic (exact) mass is 303 g/mol. The Morgan fingerprint density at radius 1 is 0.727 bits per heavy atom. The predicted octanol–water partition coefficient (Wildman–Crippen LogP) is 6.34. The molecular weight excluding hydrogens is 266 g/mol. The molecule has 22 heavy (non-hydrogen) atoms. The van der Waals surface area contributed by atoms with Gasteiger partial charge in [-0.15, -0.1) is 0 Å². The molecule has 0 spiro atoms. The molecule has 0 saturated heterocycles. The summed E-state index contributed by atoms with van der Waals surface area (Å²) in [4.78, 5) is 0. The van der Waals surface area contributed by atoms with Gasteiger partial charge in [0.1, 0.15) is 0 Å². The Bertz CT molecular complexity index is 323. The zero-order valence-electron chi connectivity index (χ0n) is 14.8. The van der Waals surface area contributed by atoms with E-state index in [-0.39, 0.29) is 0 Å². The third kappa shape index (κ3) is 17.0. The van der Waals surface area contributed by atoms with E-state index in [1.165, 1.54) is 32.1 Å². The number of nitrogens with two attached hydrogens (primary N) is 1. The van der Waals surface area contributed by atoms with Crippen molar-refractivity contribution in [2.45, 2.75) is 71.6 Å². The summed E-state index contributed by atoms with van der Waals surface area (Å²) in [6, 6.07) is 0. The largest absolute Gasteiger partial charge is 0.330 e. The van der Waals surface area contributed by atoms with Gasteiger partial charge in [-0.2, -0.15) is 0 Å². The molecule has 0 aliphatic rings. The van der Waals surface area contributed by atoms with Crippen LogP contribution in [0.5, 0.6) is 0 Å². The van der Waals surface area contributed by atoms with E-state index >= 15 is 0 Å². The van der Waals surface area contributed by atoms with E-state index in [0.29, 0.717) is 5.92 Å². The zero-order chi connectivity index (χ0) is 16.3. The van der Waals surface area contributed by atoms with E-state index in [0.717, 1.165) is 32.2 Å². The molecule has 0 heterocycles. The Balaban J connectivity index is 3.56. The smallest absolute Gasteiger partial charge is 0.00772 e. The minimum atomic E-state index is 0.553. The van der Waals surface area contributed by atoms with E-state index in [2.05, 4.69) is 62.5 Å². The van der Waals surface area contributed by atoms with Crippen molar-refractivity contribution in [2.24, 2.45) is 11.7 Å². The molecule has 0 fully saturated rings. The van der Waals surface area contributed by atoms with Gasteiger partial charge in [-0.1, -0.05) is 75.3 Å². The summed E-state index contributed by atoms with van der Waals surface area (Å²) in [5.41, 5.74) is 5.46. The van der Waals surface area contributed by atoms with Crippen LogP contribution in [0.1, 0.15) is 71.6 Å². The Labute approximate surface area is 139 Å². The van der Waals surface area contributed by atoms with Crippen LogP contribution in [0.25, 0.3) is 0 Å². The highest BCUT2D eigenvalue weighted by atomic mass is 14.5. The highest BCUT2D eigenvalue weighted by Gasteiger charge is 1.88. The molecule has 0 bridgehead atoms. The van der Waals surface area contributed by atoms with Crippen LogP contribution in [0.15, 0.2) is 48.6 Å². The summed E-state index contributed by atoms with van der Waals surface area (Å²) >= 11 is 0. The van der Waals surface area contributed by atoms with Gasteiger partial charge in [0.25, 0.3) is 0 Å². The lowest BCUT2D eigenvalue weighted by Gasteiger charge is -1.97. The van der Waals surface area contributed by atoms with E-state index in [9.17, 15) is 0 Å². The van der Waals surface area contributed by atoms with Crippen molar-refractivity contribution in [1.29, 1.82) is 0 Å². The molecule has 0 radical (unpaired) electrons. The summed E-state index contributed by atoms with van der Waals surface area (Å²) in [5.74, 6) is 0.553. The van der Waals surface area contributed by atoms with E-state index in [4.69, 9.17) is 5.73 Å². The minimum Gasteiger partial charge on any atom is -0.330 e. The SMILES string of the molecule is CCCCC/C=C\[C@H](C)/C=C\C/C=C\C/C=C\CCCCN. The molecule has 0 unspecified atom stereocenters. The predicted molar refractivity (Wildman–Crippen MR) is 102 cm³/mol. The van der Waals surface area contributed by atoms with Crippen molar-refractivity contribution in [3.05, 3.63) is 48.6 Å².